The second-order valence-corrected chi connectivity index (χ2v) is 91.2. The van der Waals surface area contributed by atoms with Gasteiger partial charge in [0.1, 0.15) is 14.1 Å². The molecule has 0 nitrogen and oxygen atoms in total. The molecule has 0 spiro atoms. The van der Waals surface area contributed by atoms with E-state index in [0.717, 1.165) is 0 Å². The van der Waals surface area contributed by atoms with Crippen LogP contribution in [0.1, 0.15) is 18.1 Å². The molecule has 302 valence electrons. The van der Waals surface area contributed by atoms with E-state index in [1.54, 1.807) is 0 Å². The van der Waals surface area contributed by atoms with Crippen molar-refractivity contribution < 1.29 is 0 Å². The fourth-order valence-electron chi connectivity index (χ4n) is 11.8. The minimum absolute atomic E-state index is 1.21. The number of fused-ring (bicyclic) bond motifs is 6. The van der Waals surface area contributed by atoms with Gasteiger partial charge in [-0.3, -0.25) is 8.61 Å². The van der Waals surface area contributed by atoms with Gasteiger partial charge >= 0.3 is 0 Å². The van der Waals surface area contributed by atoms with E-state index in [4.69, 9.17) is 0 Å². The van der Waals surface area contributed by atoms with Gasteiger partial charge < -0.3 is 0 Å². The molecule has 0 fully saturated rings. The molecule has 0 amide bonds. The molecule has 0 atom stereocenters. The van der Waals surface area contributed by atoms with Crippen LogP contribution in [0.2, 0.25) is 78.6 Å². The van der Waals surface area contributed by atoms with E-state index >= 15 is 0 Å². The number of thiol groups is 1. The molecule has 0 N–H and O–H groups in total. The molecular formula is C51H68SSi6. The van der Waals surface area contributed by atoms with Crippen molar-refractivity contribution in [2.45, 2.75) is 85.5 Å². The molecule has 0 saturated carbocycles. The zero-order chi connectivity index (χ0) is 42.5. The third-order valence-corrected chi connectivity index (χ3v) is 117. The SMILES string of the molecule is CC[SH](C)(C)(C)[Si](C#Cc1c2cc3cc4ccccc4cc3cc2c(C#C[SiH]([Si](C)(C)C)[Si](C)(C)C)c2cc3cc4ccccc4cc3cc12)([Si](C)(C)C)[Si](C)(C)C. The summed E-state index contributed by atoms with van der Waals surface area (Å²) >= 11 is 0. The van der Waals surface area contributed by atoms with E-state index in [-0.39, 0.29) is 0 Å². The monoisotopic (exact) mass is 880 g/mol. The van der Waals surface area contributed by atoms with Gasteiger partial charge in [0.05, 0.1) is 15.2 Å². The average Bonchev–Trinajstić information content (AvgIpc) is 3.10. The summed E-state index contributed by atoms with van der Waals surface area (Å²) in [5.41, 5.74) is 11.2. The second kappa shape index (κ2) is 14.2. The molecule has 0 radical (unpaired) electrons. The van der Waals surface area contributed by atoms with Crippen LogP contribution in [0.3, 0.4) is 0 Å². The lowest BCUT2D eigenvalue weighted by Crippen LogP contribution is -2.77. The highest BCUT2D eigenvalue weighted by Crippen LogP contribution is 2.71. The van der Waals surface area contributed by atoms with E-state index in [1.165, 1.54) is 81.5 Å². The van der Waals surface area contributed by atoms with Crippen molar-refractivity contribution in [1.29, 1.82) is 0 Å². The van der Waals surface area contributed by atoms with E-state index in [2.05, 4.69) is 224 Å². The molecule has 7 aromatic rings. The Morgan fingerprint density at radius 2 is 0.759 bits per heavy atom. The fraction of sp³-hybridized carbons (Fsp3) is 0.333. The first kappa shape index (κ1) is 43.0. The molecule has 0 aliphatic carbocycles. The van der Waals surface area contributed by atoms with Crippen molar-refractivity contribution in [2.24, 2.45) is 0 Å². The van der Waals surface area contributed by atoms with E-state index in [1.807, 2.05) is 0 Å². The second-order valence-electron chi connectivity index (χ2n) is 23.0. The molecule has 58 heavy (non-hydrogen) atoms. The Balaban J connectivity index is 1.74. The summed E-state index contributed by atoms with van der Waals surface area (Å²) in [6.07, 6.45) is 6.05. The topological polar surface area (TPSA) is 0 Å². The first-order valence-corrected chi connectivity index (χ1v) is 48.3. The summed E-state index contributed by atoms with van der Waals surface area (Å²) in [7, 11) is -9.85. The highest BCUT2D eigenvalue weighted by atomic mass is 32.5. The van der Waals surface area contributed by atoms with Crippen LogP contribution in [0.5, 0.6) is 0 Å². The Morgan fingerprint density at radius 3 is 1.03 bits per heavy atom. The van der Waals surface area contributed by atoms with Crippen LogP contribution >= 0.6 is 8.61 Å². The molecule has 0 unspecified atom stereocenters. The van der Waals surface area contributed by atoms with Crippen LogP contribution < -0.4 is 0 Å². The first-order valence-electron chi connectivity index (χ1n) is 21.5. The number of benzene rings is 7. The minimum Gasteiger partial charge on any atom is -0.291 e. The lowest BCUT2D eigenvalue weighted by atomic mass is 9.88. The molecule has 0 heterocycles. The largest absolute Gasteiger partial charge is 0.291 e. The molecule has 7 heteroatoms. The lowest BCUT2D eigenvalue weighted by Gasteiger charge is -2.70. The molecule has 0 aliphatic rings. The maximum absolute atomic E-state index is 4.56. The van der Waals surface area contributed by atoms with Crippen molar-refractivity contribution in [3.63, 3.8) is 0 Å². The van der Waals surface area contributed by atoms with Crippen molar-refractivity contribution in [3.8, 4) is 22.9 Å². The average molecular weight is 882 g/mol. The van der Waals surface area contributed by atoms with Crippen LogP contribution in [-0.4, -0.2) is 69.0 Å². The predicted molar refractivity (Wildman–Crippen MR) is 289 cm³/mol. The summed E-state index contributed by atoms with van der Waals surface area (Å²) in [5, 5.41) is 15.4. The van der Waals surface area contributed by atoms with Crippen molar-refractivity contribution >= 4 is 118 Å². The van der Waals surface area contributed by atoms with Crippen LogP contribution in [-0.2, 0) is 0 Å². The predicted octanol–water partition coefficient (Wildman–Crippen LogP) is 14.2. The van der Waals surface area contributed by atoms with Gasteiger partial charge in [-0.25, -0.2) is 0 Å². The van der Waals surface area contributed by atoms with Crippen LogP contribution in [0.15, 0.2) is 97.1 Å². The third-order valence-electron chi connectivity index (χ3n) is 13.7. The fourth-order valence-corrected chi connectivity index (χ4v) is 154. The van der Waals surface area contributed by atoms with Gasteiger partial charge in [0, 0.05) is 26.3 Å². The van der Waals surface area contributed by atoms with Gasteiger partial charge in [0.2, 0.25) is 0 Å². The Hall–Kier alpha value is -3.13. The molecule has 7 rings (SSSR count). The van der Waals surface area contributed by atoms with Gasteiger partial charge in [-0.2, -0.15) is 0 Å². The molecular weight excluding hydrogens is 813 g/mol. The van der Waals surface area contributed by atoms with Gasteiger partial charge in [-0.05, 0) is 119 Å². The maximum Gasteiger partial charge on any atom is 0.147 e. The number of rotatable bonds is 6. The summed E-state index contributed by atoms with van der Waals surface area (Å²) in [4.78, 5) is 0. The normalized spacial score (nSPS) is 14.2. The summed E-state index contributed by atoms with van der Waals surface area (Å²) in [6, 6.07) is 37.2. The Labute approximate surface area is 356 Å². The smallest absolute Gasteiger partial charge is 0.147 e. The highest BCUT2D eigenvalue weighted by Gasteiger charge is 2.64. The van der Waals surface area contributed by atoms with Gasteiger partial charge in [-0.15, -0.1) is 11.1 Å². The van der Waals surface area contributed by atoms with E-state index < -0.39 is 53.1 Å². The van der Waals surface area contributed by atoms with Gasteiger partial charge in [0.15, 0.2) is 0 Å². The maximum atomic E-state index is 4.56. The number of hydrogen-bond acceptors (Lipinski definition) is 0. The van der Waals surface area contributed by atoms with Crippen molar-refractivity contribution in [2.75, 3.05) is 24.5 Å². The first-order chi connectivity index (χ1) is 26.7. The van der Waals surface area contributed by atoms with Crippen molar-refractivity contribution in [1.82, 2.24) is 0 Å². The molecule has 7 aromatic carbocycles. The van der Waals surface area contributed by atoms with Crippen LogP contribution in [0, 0.1) is 22.9 Å². The zero-order valence-electron chi connectivity index (χ0n) is 38.5. The quantitative estimate of drug-likeness (QED) is 0.0732. The lowest BCUT2D eigenvalue weighted by molar-refractivity contribution is 1.48. The standard InChI is InChI=1S/C51H68SSi6/c1-17-52(2,3,4)58(56(11,12)13,57(14,15)16)29-27-47-50-36-44-32-40-24-20-18-22-38(40)30-42(44)34-48(50)46(26-28-53(54(5,6)7)55(8,9)10)49-35-43-31-39-23-19-21-25-41(39)33-45(43)37-51(47)49/h18-25,30-37,52-53H,17H2,1-16H3. The Kier molecular flexibility index (Phi) is 10.5. The Bertz CT molecular complexity index is 2770. The third kappa shape index (κ3) is 7.27. The molecule has 0 saturated heterocycles. The minimum atomic E-state index is -2.17. The molecule has 0 bridgehead atoms. The van der Waals surface area contributed by atoms with Gasteiger partial charge in [0.25, 0.3) is 0 Å². The van der Waals surface area contributed by atoms with Crippen LogP contribution in [0.25, 0.3) is 64.6 Å². The highest BCUT2D eigenvalue weighted by molar-refractivity contribution is 8.76. The van der Waals surface area contributed by atoms with E-state index in [9.17, 15) is 0 Å². The summed E-state index contributed by atoms with van der Waals surface area (Å²) in [5.74, 6) is 9.65. The zero-order valence-corrected chi connectivity index (χ0v) is 45.5. The summed E-state index contributed by atoms with van der Waals surface area (Å²) in [6.45, 7) is 34.1. The van der Waals surface area contributed by atoms with Crippen LogP contribution in [0.4, 0.5) is 0 Å². The summed E-state index contributed by atoms with van der Waals surface area (Å²) < 4.78 is 0. The number of hydrogen-bond donors (Lipinski definition) is 1. The Morgan fingerprint density at radius 1 is 0.448 bits per heavy atom. The van der Waals surface area contributed by atoms with E-state index in [0.29, 0.717) is 0 Å². The van der Waals surface area contributed by atoms with Gasteiger partial charge in [-0.1, -0.05) is 165 Å². The molecule has 0 aliphatic heterocycles. The van der Waals surface area contributed by atoms with Crippen molar-refractivity contribution in [3.05, 3.63) is 108 Å². The molecule has 0 aromatic heterocycles.